The van der Waals surface area contributed by atoms with Gasteiger partial charge in [-0.25, -0.2) is 4.98 Å². The minimum atomic E-state index is -0.332. The first-order chi connectivity index (χ1) is 8.05. The van der Waals surface area contributed by atoms with Crippen LogP contribution in [0.3, 0.4) is 0 Å². The average molecular weight is 253 g/mol. The number of hydrogen-bond donors (Lipinski definition) is 1. The fourth-order valence-electron chi connectivity index (χ4n) is 2.82. The predicted molar refractivity (Wildman–Crippen MR) is 67.1 cm³/mol. The zero-order valence-corrected chi connectivity index (χ0v) is 11.2. The molecule has 0 amide bonds. The van der Waals surface area contributed by atoms with Crippen LogP contribution in [0.25, 0.3) is 0 Å². The van der Waals surface area contributed by atoms with Gasteiger partial charge in [0, 0.05) is 6.61 Å². The Hall–Kier alpha value is -0.450. The van der Waals surface area contributed by atoms with Crippen LogP contribution in [-0.4, -0.2) is 16.7 Å². The maximum absolute atomic E-state index is 10.2. The molecule has 1 aliphatic heterocycles. The Morgan fingerprint density at radius 1 is 1.47 bits per heavy atom. The van der Waals surface area contributed by atoms with Crippen LogP contribution in [0.1, 0.15) is 60.9 Å². The van der Waals surface area contributed by atoms with Crippen LogP contribution < -0.4 is 0 Å². The second-order valence-electron chi connectivity index (χ2n) is 5.93. The van der Waals surface area contributed by atoms with E-state index in [1.54, 1.807) is 11.3 Å². The van der Waals surface area contributed by atoms with Crippen LogP contribution in [0.5, 0.6) is 0 Å². The second-order valence-corrected chi connectivity index (χ2v) is 6.99. The summed E-state index contributed by atoms with van der Waals surface area (Å²) in [5, 5.41) is 11.3. The highest BCUT2D eigenvalue weighted by Crippen LogP contribution is 2.45. The average Bonchev–Trinajstić information content (AvgIpc) is 2.81. The summed E-state index contributed by atoms with van der Waals surface area (Å²) in [6, 6.07) is 0. The summed E-state index contributed by atoms with van der Waals surface area (Å²) in [6.07, 6.45) is 3.87. The van der Waals surface area contributed by atoms with Gasteiger partial charge in [0.25, 0.3) is 0 Å². The van der Waals surface area contributed by atoms with E-state index in [1.807, 2.05) is 0 Å². The molecule has 94 valence electrons. The third-order valence-corrected chi connectivity index (χ3v) is 4.93. The van der Waals surface area contributed by atoms with Crippen molar-refractivity contribution in [1.29, 1.82) is 0 Å². The van der Waals surface area contributed by atoms with Gasteiger partial charge in [0.2, 0.25) is 0 Å². The summed E-state index contributed by atoms with van der Waals surface area (Å²) in [5.74, 6) is 0. The molecule has 0 aromatic carbocycles. The zero-order valence-electron chi connectivity index (χ0n) is 10.4. The Labute approximate surface area is 106 Å². The number of aliphatic hydroxyl groups is 1. The van der Waals surface area contributed by atoms with E-state index in [-0.39, 0.29) is 17.6 Å². The Morgan fingerprint density at radius 3 is 3.00 bits per heavy atom. The van der Waals surface area contributed by atoms with Crippen molar-refractivity contribution in [1.82, 2.24) is 4.98 Å². The van der Waals surface area contributed by atoms with Crippen molar-refractivity contribution in [2.45, 2.75) is 51.7 Å². The number of fused-ring (bicyclic) bond motifs is 1. The molecule has 1 aromatic rings. The van der Waals surface area contributed by atoms with Crippen LogP contribution in [0.4, 0.5) is 0 Å². The van der Waals surface area contributed by atoms with Crippen LogP contribution in [-0.2, 0) is 11.2 Å². The topological polar surface area (TPSA) is 42.4 Å². The maximum Gasteiger partial charge on any atom is 0.122 e. The van der Waals surface area contributed by atoms with Crippen molar-refractivity contribution >= 4 is 11.3 Å². The quantitative estimate of drug-likeness (QED) is 0.836. The lowest BCUT2D eigenvalue weighted by molar-refractivity contribution is 0.101. The third kappa shape index (κ3) is 2.14. The number of ether oxygens (including phenoxy) is 1. The summed E-state index contributed by atoms with van der Waals surface area (Å²) in [7, 11) is 0. The van der Waals surface area contributed by atoms with Crippen molar-refractivity contribution < 1.29 is 9.84 Å². The monoisotopic (exact) mass is 253 g/mol. The van der Waals surface area contributed by atoms with Gasteiger partial charge >= 0.3 is 0 Å². The van der Waals surface area contributed by atoms with Crippen LogP contribution in [0, 0.1) is 5.41 Å². The number of hydrogen-bond acceptors (Lipinski definition) is 4. The molecule has 2 heterocycles. The molecular weight excluding hydrogens is 234 g/mol. The van der Waals surface area contributed by atoms with Gasteiger partial charge in [-0.2, -0.15) is 0 Å². The molecule has 17 heavy (non-hydrogen) atoms. The largest absolute Gasteiger partial charge is 0.387 e. The molecule has 1 aliphatic carbocycles. The van der Waals surface area contributed by atoms with Crippen LogP contribution >= 0.6 is 11.3 Å². The zero-order chi connectivity index (χ0) is 12.0. The van der Waals surface area contributed by atoms with Crippen LogP contribution in [0.2, 0.25) is 0 Å². The molecule has 0 spiro atoms. The van der Waals surface area contributed by atoms with Crippen molar-refractivity contribution in [2.75, 3.05) is 6.61 Å². The fraction of sp³-hybridized carbons (Fsp3) is 0.769. The molecule has 0 bridgehead atoms. The van der Waals surface area contributed by atoms with E-state index in [1.165, 1.54) is 0 Å². The highest BCUT2D eigenvalue weighted by molar-refractivity contribution is 7.11. The minimum absolute atomic E-state index is 0.161. The molecule has 1 aromatic heterocycles. The van der Waals surface area contributed by atoms with Crippen molar-refractivity contribution in [2.24, 2.45) is 5.41 Å². The smallest absolute Gasteiger partial charge is 0.122 e. The van der Waals surface area contributed by atoms with Gasteiger partial charge in [-0.3, -0.25) is 0 Å². The molecule has 2 unspecified atom stereocenters. The first kappa shape index (κ1) is 11.6. The standard InChI is InChI=1S/C13H19NO2S/c1-13(2)6-8-11(9(15)7-13)17-12(14-8)10-4-3-5-16-10/h9-10,15H,3-7H2,1-2H3. The highest BCUT2D eigenvalue weighted by Gasteiger charge is 2.35. The molecule has 2 aliphatic rings. The first-order valence-corrected chi connectivity index (χ1v) is 7.16. The van der Waals surface area contributed by atoms with Gasteiger partial charge in [-0.15, -0.1) is 11.3 Å². The van der Waals surface area contributed by atoms with Crippen LogP contribution in [0.15, 0.2) is 0 Å². The van der Waals surface area contributed by atoms with E-state index in [0.717, 1.165) is 47.9 Å². The number of nitrogens with zero attached hydrogens (tertiary/aromatic N) is 1. The number of aliphatic hydroxyl groups excluding tert-OH is 1. The molecule has 3 nitrogen and oxygen atoms in total. The molecule has 1 saturated heterocycles. The summed E-state index contributed by atoms with van der Waals surface area (Å²) in [6.45, 7) is 5.25. The minimum Gasteiger partial charge on any atom is -0.387 e. The highest BCUT2D eigenvalue weighted by atomic mass is 32.1. The van der Waals surface area contributed by atoms with Gasteiger partial charge in [-0.05, 0) is 31.1 Å². The second kappa shape index (κ2) is 4.04. The molecule has 1 fully saturated rings. The van der Waals surface area contributed by atoms with Crippen molar-refractivity contribution in [3.8, 4) is 0 Å². The van der Waals surface area contributed by atoms with E-state index >= 15 is 0 Å². The molecule has 1 N–H and O–H groups in total. The van der Waals surface area contributed by atoms with Crippen molar-refractivity contribution in [3.63, 3.8) is 0 Å². The maximum atomic E-state index is 10.2. The lowest BCUT2D eigenvalue weighted by Crippen LogP contribution is -2.24. The van der Waals surface area contributed by atoms with E-state index in [0.29, 0.717) is 0 Å². The van der Waals surface area contributed by atoms with Crippen molar-refractivity contribution in [3.05, 3.63) is 15.6 Å². The van der Waals surface area contributed by atoms with Gasteiger partial charge in [0.15, 0.2) is 0 Å². The molecule has 4 heteroatoms. The summed E-state index contributed by atoms with van der Waals surface area (Å²) in [4.78, 5) is 5.79. The van der Waals surface area contributed by atoms with Gasteiger partial charge < -0.3 is 9.84 Å². The number of thiazole rings is 1. The molecule has 0 radical (unpaired) electrons. The van der Waals surface area contributed by atoms with E-state index in [2.05, 4.69) is 13.8 Å². The van der Waals surface area contributed by atoms with E-state index in [4.69, 9.17) is 9.72 Å². The molecule has 0 saturated carbocycles. The van der Waals surface area contributed by atoms with Gasteiger partial charge in [0.1, 0.15) is 11.1 Å². The SMILES string of the molecule is CC1(C)Cc2nc(C3CCCO3)sc2C(O)C1. The summed E-state index contributed by atoms with van der Waals surface area (Å²) in [5.41, 5.74) is 1.26. The van der Waals surface area contributed by atoms with Gasteiger partial charge in [-0.1, -0.05) is 13.8 Å². The number of rotatable bonds is 1. The summed E-state index contributed by atoms with van der Waals surface area (Å²) >= 11 is 1.66. The molecular formula is C13H19NO2S. The Morgan fingerprint density at radius 2 is 2.29 bits per heavy atom. The van der Waals surface area contributed by atoms with E-state index < -0.39 is 0 Å². The van der Waals surface area contributed by atoms with Gasteiger partial charge in [0.05, 0.1) is 16.7 Å². The Kier molecular flexibility index (Phi) is 2.76. The normalized spacial score (nSPS) is 31.5. The lowest BCUT2D eigenvalue weighted by atomic mass is 9.77. The third-order valence-electron chi connectivity index (χ3n) is 3.64. The molecule has 3 rings (SSSR count). The predicted octanol–water partition coefficient (Wildman–Crippen LogP) is 3.00. The molecule has 2 atom stereocenters. The lowest BCUT2D eigenvalue weighted by Gasteiger charge is -2.31. The fourth-order valence-corrected chi connectivity index (χ4v) is 3.97. The summed E-state index contributed by atoms with van der Waals surface area (Å²) < 4.78 is 5.67. The Bertz CT molecular complexity index is 421. The Balaban J connectivity index is 1.91. The van der Waals surface area contributed by atoms with E-state index in [9.17, 15) is 5.11 Å². The number of aromatic nitrogens is 1. The first-order valence-electron chi connectivity index (χ1n) is 6.34.